The summed E-state index contributed by atoms with van der Waals surface area (Å²) in [7, 11) is -3.69. The van der Waals surface area contributed by atoms with Crippen molar-refractivity contribution in [2.24, 2.45) is 0 Å². The number of rotatable bonds is 7. The zero-order chi connectivity index (χ0) is 14.5. The Labute approximate surface area is 119 Å². The second-order valence-corrected chi connectivity index (χ2v) is 7.68. The van der Waals surface area contributed by atoms with E-state index in [1.54, 1.807) is 11.8 Å². The molecule has 0 aromatic carbocycles. The predicted molar refractivity (Wildman–Crippen MR) is 76.5 cm³/mol. The number of hydrogen-bond acceptors (Lipinski definition) is 4. The van der Waals surface area contributed by atoms with Gasteiger partial charge in [-0.05, 0) is 31.9 Å². The Hall–Kier alpha value is -0.310. The molecule has 2 atom stereocenters. The number of carbonyl (C=O) groups is 1. The summed E-state index contributed by atoms with van der Waals surface area (Å²) in [5, 5.41) is 9.46. The van der Waals surface area contributed by atoms with Gasteiger partial charge in [0.1, 0.15) is 6.04 Å². The van der Waals surface area contributed by atoms with Crippen LogP contribution >= 0.6 is 11.8 Å². The lowest BCUT2D eigenvalue weighted by Gasteiger charge is -2.31. The zero-order valence-corrected chi connectivity index (χ0v) is 13.0. The minimum atomic E-state index is -3.69. The molecule has 0 amide bonds. The second kappa shape index (κ2) is 7.47. The largest absolute Gasteiger partial charge is 0.480 e. The zero-order valence-electron chi connectivity index (χ0n) is 11.3. The van der Waals surface area contributed by atoms with E-state index in [1.807, 2.05) is 13.2 Å². The van der Waals surface area contributed by atoms with Crippen LogP contribution in [0.4, 0.5) is 0 Å². The van der Waals surface area contributed by atoms with Gasteiger partial charge in [0, 0.05) is 18.3 Å². The molecule has 0 radical (unpaired) electrons. The first kappa shape index (κ1) is 16.7. The summed E-state index contributed by atoms with van der Waals surface area (Å²) in [6.45, 7) is 2.65. The normalized spacial score (nSPS) is 23.2. The van der Waals surface area contributed by atoms with Gasteiger partial charge in [-0.1, -0.05) is 6.92 Å². The van der Waals surface area contributed by atoms with Gasteiger partial charge >= 0.3 is 5.97 Å². The SMILES string of the molecule is CSC(C)CCNS(=O)(=O)N1CCCCC1C(=O)O. The summed E-state index contributed by atoms with van der Waals surface area (Å²) in [5.74, 6) is -1.07. The summed E-state index contributed by atoms with van der Waals surface area (Å²) in [4.78, 5) is 11.1. The van der Waals surface area contributed by atoms with E-state index >= 15 is 0 Å². The summed E-state index contributed by atoms with van der Waals surface area (Å²) in [6, 6.07) is -0.927. The van der Waals surface area contributed by atoms with Crippen LogP contribution in [0.15, 0.2) is 0 Å². The van der Waals surface area contributed by atoms with E-state index in [2.05, 4.69) is 4.72 Å². The lowest BCUT2D eigenvalue weighted by Crippen LogP contribution is -2.52. The van der Waals surface area contributed by atoms with Gasteiger partial charge in [0.05, 0.1) is 0 Å². The molecule has 19 heavy (non-hydrogen) atoms. The highest BCUT2D eigenvalue weighted by Gasteiger charge is 2.36. The maximum absolute atomic E-state index is 12.1. The Morgan fingerprint density at radius 1 is 1.53 bits per heavy atom. The first-order valence-electron chi connectivity index (χ1n) is 6.40. The quantitative estimate of drug-likeness (QED) is 0.729. The van der Waals surface area contributed by atoms with Crippen LogP contribution in [-0.2, 0) is 15.0 Å². The fraction of sp³-hybridized carbons (Fsp3) is 0.909. The third-order valence-corrected chi connectivity index (χ3v) is 5.95. The highest BCUT2D eigenvalue weighted by Crippen LogP contribution is 2.20. The van der Waals surface area contributed by atoms with Crippen LogP contribution < -0.4 is 4.72 Å². The van der Waals surface area contributed by atoms with E-state index < -0.39 is 22.2 Å². The molecule has 1 heterocycles. The van der Waals surface area contributed by atoms with Crippen molar-refractivity contribution in [2.75, 3.05) is 19.3 Å². The van der Waals surface area contributed by atoms with E-state index in [0.29, 0.717) is 24.6 Å². The van der Waals surface area contributed by atoms with Gasteiger partial charge in [0.25, 0.3) is 10.2 Å². The van der Waals surface area contributed by atoms with Crippen molar-refractivity contribution in [2.45, 2.75) is 43.9 Å². The maximum Gasteiger partial charge on any atom is 0.322 e. The molecule has 1 aliphatic heterocycles. The molecule has 0 aliphatic carbocycles. The number of hydrogen-bond donors (Lipinski definition) is 2. The molecule has 0 bridgehead atoms. The Balaban J connectivity index is 2.61. The van der Waals surface area contributed by atoms with Gasteiger partial charge in [0.15, 0.2) is 0 Å². The molecule has 1 aliphatic rings. The van der Waals surface area contributed by atoms with Crippen molar-refractivity contribution < 1.29 is 18.3 Å². The Bertz CT molecular complexity index is 399. The molecular formula is C11H22N2O4S2. The molecule has 2 N–H and O–H groups in total. The molecule has 112 valence electrons. The molecule has 1 fully saturated rings. The number of aliphatic carboxylic acids is 1. The Morgan fingerprint density at radius 2 is 2.21 bits per heavy atom. The molecule has 8 heteroatoms. The summed E-state index contributed by atoms with van der Waals surface area (Å²) < 4.78 is 27.8. The van der Waals surface area contributed by atoms with E-state index in [9.17, 15) is 13.2 Å². The lowest BCUT2D eigenvalue weighted by atomic mass is 10.1. The summed E-state index contributed by atoms with van der Waals surface area (Å²) >= 11 is 1.67. The van der Waals surface area contributed by atoms with Gasteiger partial charge < -0.3 is 5.11 Å². The minimum absolute atomic E-state index is 0.282. The van der Waals surface area contributed by atoms with Crippen LogP contribution in [0.1, 0.15) is 32.6 Å². The molecule has 0 saturated carbocycles. The van der Waals surface area contributed by atoms with E-state index in [0.717, 1.165) is 17.1 Å². The number of carboxylic acids is 1. The van der Waals surface area contributed by atoms with Crippen LogP contribution in [-0.4, -0.2) is 54.4 Å². The van der Waals surface area contributed by atoms with Gasteiger partial charge in [-0.25, -0.2) is 4.72 Å². The molecule has 0 aromatic heterocycles. The van der Waals surface area contributed by atoms with Crippen LogP contribution in [0, 0.1) is 0 Å². The highest BCUT2D eigenvalue weighted by atomic mass is 32.2. The smallest absolute Gasteiger partial charge is 0.322 e. The summed E-state index contributed by atoms with van der Waals surface area (Å²) in [6.07, 6.45) is 4.56. The number of nitrogens with zero attached hydrogens (tertiary/aromatic N) is 1. The molecule has 1 saturated heterocycles. The lowest BCUT2D eigenvalue weighted by molar-refractivity contribution is -0.142. The van der Waals surface area contributed by atoms with E-state index in [4.69, 9.17) is 5.11 Å². The highest BCUT2D eigenvalue weighted by molar-refractivity contribution is 7.99. The molecule has 6 nitrogen and oxygen atoms in total. The van der Waals surface area contributed by atoms with Crippen LogP contribution in [0.25, 0.3) is 0 Å². The Kier molecular flexibility index (Phi) is 6.58. The molecule has 1 rings (SSSR count). The number of nitrogens with one attached hydrogen (secondary N) is 1. The van der Waals surface area contributed by atoms with E-state index in [-0.39, 0.29) is 6.54 Å². The van der Waals surface area contributed by atoms with Crippen molar-refractivity contribution >= 4 is 27.9 Å². The van der Waals surface area contributed by atoms with Gasteiger partial charge in [-0.15, -0.1) is 0 Å². The van der Waals surface area contributed by atoms with Gasteiger partial charge in [0.2, 0.25) is 0 Å². The minimum Gasteiger partial charge on any atom is -0.480 e. The third kappa shape index (κ3) is 4.94. The maximum atomic E-state index is 12.1. The van der Waals surface area contributed by atoms with Crippen molar-refractivity contribution in [3.8, 4) is 0 Å². The number of piperidine rings is 1. The molecule has 2 unspecified atom stereocenters. The number of thioether (sulfide) groups is 1. The van der Waals surface area contributed by atoms with Crippen molar-refractivity contribution in [3.05, 3.63) is 0 Å². The van der Waals surface area contributed by atoms with Crippen molar-refractivity contribution in [1.82, 2.24) is 9.03 Å². The monoisotopic (exact) mass is 310 g/mol. The van der Waals surface area contributed by atoms with E-state index in [1.165, 1.54) is 0 Å². The Morgan fingerprint density at radius 3 is 2.79 bits per heavy atom. The van der Waals surface area contributed by atoms with Gasteiger partial charge in [-0.3, -0.25) is 4.79 Å². The van der Waals surface area contributed by atoms with Crippen molar-refractivity contribution in [3.63, 3.8) is 0 Å². The number of carboxylic acid groups (broad SMARTS) is 1. The molecular weight excluding hydrogens is 288 g/mol. The van der Waals surface area contributed by atoms with Crippen LogP contribution in [0.5, 0.6) is 0 Å². The predicted octanol–water partition coefficient (Wildman–Crippen LogP) is 0.901. The topological polar surface area (TPSA) is 86.7 Å². The van der Waals surface area contributed by atoms with Crippen LogP contribution in [0.3, 0.4) is 0 Å². The first-order valence-corrected chi connectivity index (χ1v) is 9.13. The third-order valence-electron chi connectivity index (χ3n) is 3.29. The standard InChI is InChI=1S/C11H22N2O4S2/c1-9(18-2)6-7-12-19(16,17)13-8-4-3-5-10(13)11(14)15/h9-10,12H,3-8H2,1-2H3,(H,14,15). The van der Waals surface area contributed by atoms with Gasteiger partial charge in [-0.2, -0.15) is 24.5 Å². The first-order chi connectivity index (χ1) is 8.88. The van der Waals surface area contributed by atoms with Crippen LogP contribution in [0.2, 0.25) is 0 Å². The second-order valence-electron chi connectivity index (χ2n) is 4.69. The fourth-order valence-corrected chi connectivity index (χ4v) is 3.83. The average molecular weight is 310 g/mol. The molecule has 0 spiro atoms. The fourth-order valence-electron chi connectivity index (χ4n) is 2.03. The summed E-state index contributed by atoms with van der Waals surface area (Å²) in [5.41, 5.74) is 0. The average Bonchev–Trinajstić information content (AvgIpc) is 2.38. The van der Waals surface area contributed by atoms with Crippen molar-refractivity contribution in [1.29, 1.82) is 0 Å². The molecule has 0 aromatic rings.